The van der Waals surface area contributed by atoms with E-state index in [2.05, 4.69) is 0 Å². The van der Waals surface area contributed by atoms with E-state index in [1.165, 1.54) is 21.7 Å². The Morgan fingerprint density at radius 2 is 2.00 bits per heavy atom. The van der Waals surface area contributed by atoms with Gasteiger partial charge in [0.15, 0.2) is 0 Å². The largest absolute Gasteiger partial charge is 0.480 e. The Balaban J connectivity index is 3.26. The number of hydrogen-bond acceptors (Lipinski definition) is 4. The summed E-state index contributed by atoms with van der Waals surface area (Å²) < 4.78 is 1.45. The molecule has 8 heteroatoms. The minimum Gasteiger partial charge on any atom is -0.480 e. The summed E-state index contributed by atoms with van der Waals surface area (Å²) in [5.74, 6) is -1.68. The molecule has 1 amide bonds. The van der Waals surface area contributed by atoms with Gasteiger partial charge >= 0.3 is 5.97 Å². The average molecular weight is 297 g/mol. The Morgan fingerprint density at radius 1 is 1.43 bits per heavy atom. The van der Waals surface area contributed by atoms with Gasteiger partial charge in [-0.1, -0.05) is 0 Å². The molecule has 0 aromatic carbocycles. The first-order valence-electron chi connectivity index (χ1n) is 6.46. The van der Waals surface area contributed by atoms with Gasteiger partial charge in [-0.3, -0.25) is 19.7 Å². The molecule has 1 heterocycles. The van der Waals surface area contributed by atoms with E-state index in [1.54, 1.807) is 27.7 Å². The Morgan fingerprint density at radius 3 is 2.38 bits per heavy atom. The SMILES string of the molecule is CCn1cc([N+](=O)[O-])cc1C(=O)N(CC(=O)O)C(C)(C)C. The van der Waals surface area contributed by atoms with Crippen molar-refractivity contribution in [3.8, 4) is 0 Å². The summed E-state index contributed by atoms with van der Waals surface area (Å²) in [5.41, 5.74) is -0.794. The van der Waals surface area contributed by atoms with Crippen LogP contribution in [0.3, 0.4) is 0 Å². The first-order chi connectivity index (χ1) is 9.57. The summed E-state index contributed by atoms with van der Waals surface area (Å²) in [5, 5.41) is 19.8. The number of carbonyl (C=O) groups is 2. The monoisotopic (exact) mass is 297 g/mol. The van der Waals surface area contributed by atoms with E-state index in [0.717, 1.165) is 0 Å². The second-order valence-electron chi connectivity index (χ2n) is 5.58. The fraction of sp³-hybridized carbons (Fsp3) is 0.538. The minimum absolute atomic E-state index is 0.111. The fourth-order valence-electron chi connectivity index (χ4n) is 1.92. The molecule has 0 atom stereocenters. The number of carboxylic acids is 1. The molecule has 116 valence electrons. The molecule has 0 unspecified atom stereocenters. The van der Waals surface area contributed by atoms with Crippen molar-refractivity contribution in [1.29, 1.82) is 0 Å². The highest BCUT2D eigenvalue weighted by atomic mass is 16.6. The molecule has 0 bridgehead atoms. The van der Waals surface area contributed by atoms with E-state index in [0.29, 0.717) is 6.54 Å². The van der Waals surface area contributed by atoms with Crippen LogP contribution in [-0.4, -0.2) is 43.5 Å². The van der Waals surface area contributed by atoms with Crippen molar-refractivity contribution < 1.29 is 19.6 Å². The van der Waals surface area contributed by atoms with Gasteiger partial charge in [-0.2, -0.15) is 0 Å². The van der Waals surface area contributed by atoms with Crippen LogP contribution < -0.4 is 0 Å². The fourth-order valence-corrected chi connectivity index (χ4v) is 1.92. The number of nitrogens with zero attached hydrogens (tertiary/aromatic N) is 3. The Bertz CT molecular complexity index is 571. The van der Waals surface area contributed by atoms with Gasteiger partial charge in [0.25, 0.3) is 11.6 Å². The number of carbonyl (C=O) groups excluding carboxylic acids is 1. The molecule has 0 saturated carbocycles. The Hall–Kier alpha value is -2.38. The van der Waals surface area contributed by atoms with Crippen LogP contribution in [0.25, 0.3) is 0 Å². The van der Waals surface area contributed by atoms with Gasteiger partial charge in [-0.15, -0.1) is 0 Å². The summed E-state index contributed by atoms with van der Waals surface area (Å²) >= 11 is 0. The van der Waals surface area contributed by atoms with E-state index < -0.39 is 28.9 Å². The highest BCUT2D eigenvalue weighted by Crippen LogP contribution is 2.22. The lowest BCUT2D eigenvalue weighted by molar-refractivity contribution is -0.384. The maximum absolute atomic E-state index is 12.6. The van der Waals surface area contributed by atoms with Crippen LogP contribution in [0.15, 0.2) is 12.3 Å². The van der Waals surface area contributed by atoms with Crippen LogP contribution in [0.5, 0.6) is 0 Å². The predicted molar refractivity (Wildman–Crippen MR) is 75.2 cm³/mol. The van der Waals surface area contributed by atoms with Crippen LogP contribution in [0, 0.1) is 10.1 Å². The van der Waals surface area contributed by atoms with Gasteiger partial charge in [0.1, 0.15) is 12.2 Å². The lowest BCUT2D eigenvalue weighted by Crippen LogP contribution is -2.48. The van der Waals surface area contributed by atoms with E-state index in [-0.39, 0.29) is 11.4 Å². The number of aromatic nitrogens is 1. The normalized spacial score (nSPS) is 11.2. The molecule has 0 aliphatic carbocycles. The zero-order valence-electron chi connectivity index (χ0n) is 12.5. The first-order valence-corrected chi connectivity index (χ1v) is 6.46. The highest BCUT2D eigenvalue weighted by molar-refractivity contribution is 5.95. The van der Waals surface area contributed by atoms with Crippen LogP contribution >= 0.6 is 0 Å². The highest BCUT2D eigenvalue weighted by Gasteiger charge is 2.32. The molecule has 1 N–H and O–H groups in total. The Labute approximate surface area is 122 Å². The summed E-state index contributed by atoms with van der Waals surface area (Å²) in [6.45, 7) is 6.79. The molecule has 0 radical (unpaired) electrons. The van der Waals surface area contributed by atoms with Crippen LogP contribution in [0.4, 0.5) is 5.69 Å². The molecule has 1 aromatic heterocycles. The molecule has 0 aliphatic rings. The van der Waals surface area contributed by atoms with Gasteiger partial charge in [0, 0.05) is 18.2 Å². The third-order valence-electron chi connectivity index (χ3n) is 3.00. The summed E-state index contributed by atoms with van der Waals surface area (Å²) in [6.07, 6.45) is 1.27. The number of hydrogen-bond donors (Lipinski definition) is 1. The van der Waals surface area contributed by atoms with Crippen LogP contribution in [0.1, 0.15) is 38.2 Å². The molecule has 0 fully saturated rings. The number of carboxylic acid groups (broad SMARTS) is 1. The maximum atomic E-state index is 12.6. The van der Waals surface area contributed by atoms with Gasteiger partial charge in [0.2, 0.25) is 0 Å². The van der Waals surface area contributed by atoms with Crippen molar-refractivity contribution in [3.05, 3.63) is 28.1 Å². The third kappa shape index (κ3) is 3.80. The second kappa shape index (κ2) is 5.94. The second-order valence-corrected chi connectivity index (χ2v) is 5.58. The zero-order valence-corrected chi connectivity index (χ0v) is 12.5. The Kier molecular flexibility index (Phi) is 4.72. The smallest absolute Gasteiger partial charge is 0.323 e. The van der Waals surface area contributed by atoms with Gasteiger partial charge in [-0.25, -0.2) is 0 Å². The van der Waals surface area contributed by atoms with Crippen molar-refractivity contribution in [2.24, 2.45) is 0 Å². The van der Waals surface area contributed by atoms with E-state index in [1.807, 2.05) is 0 Å². The molecule has 0 spiro atoms. The molecule has 0 saturated heterocycles. The van der Waals surface area contributed by atoms with Crippen molar-refractivity contribution in [2.45, 2.75) is 39.8 Å². The number of aliphatic carboxylic acids is 1. The van der Waals surface area contributed by atoms with Crippen LogP contribution in [0.2, 0.25) is 0 Å². The number of rotatable bonds is 5. The molecule has 0 aliphatic heterocycles. The maximum Gasteiger partial charge on any atom is 0.323 e. The van der Waals surface area contributed by atoms with E-state index in [9.17, 15) is 19.7 Å². The van der Waals surface area contributed by atoms with Crippen molar-refractivity contribution in [2.75, 3.05) is 6.54 Å². The molecule has 1 aromatic rings. The summed E-state index contributed by atoms with van der Waals surface area (Å²) in [4.78, 5) is 34.9. The third-order valence-corrected chi connectivity index (χ3v) is 3.00. The van der Waals surface area contributed by atoms with Gasteiger partial charge in [-0.05, 0) is 27.7 Å². The van der Waals surface area contributed by atoms with E-state index >= 15 is 0 Å². The molecular formula is C13H19N3O5. The molecule has 8 nitrogen and oxygen atoms in total. The van der Waals surface area contributed by atoms with Crippen molar-refractivity contribution in [3.63, 3.8) is 0 Å². The summed E-state index contributed by atoms with van der Waals surface area (Å²) in [7, 11) is 0. The molecular weight excluding hydrogens is 278 g/mol. The molecule has 21 heavy (non-hydrogen) atoms. The topological polar surface area (TPSA) is 106 Å². The summed E-state index contributed by atoms with van der Waals surface area (Å²) in [6, 6.07) is 1.17. The van der Waals surface area contributed by atoms with Crippen LogP contribution in [-0.2, 0) is 11.3 Å². The number of amides is 1. The van der Waals surface area contributed by atoms with E-state index in [4.69, 9.17) is 5.11 Å². The van der Waals surface area contributed by atoms with Crippen molar-refractivity contribution >= 4 is 17.6 Å². The predicted octanol–water partition coefficient (Wildman–Crippen LogP) is 1.74. The lowest BCUT2D eigenvalue weighted by atomic mass is 10.1. The lowest BCUT2D eigenvalue weighted by Gasteiger charge is -2.34. The number of aryl methyl sites for hydroxylation is 1. The standard InChI is InChI=1S/C13H19N3O5/c1-5-14-7-9(16(20)21)6-10(14)12(19)15(8-11(17)18)13(2,3)4/h6-7H,5,8H2,1-4H3,(H,17,18). The zero-order chi connectivity index (χ0) is 16.4. The average Bonchev–Trinajstić information content (AvgIpc) is 2.77. The molecule has 1 rings (SSSR count). The van der Waals surface area contributed by atoms with Gasteiger partial charge in [0.05, 0.1) is 11.1 Å². The minimum atomic E-state index is -1.14. The number of nitro groups is 1. The van der Waals surface area contributed by atoms with Gasteiger partial charge < -0.3 is 14.6 Å². The van der Waals surface area contributed by atoms with Crippen molar-refractivity contribution in [1.82, 2.24) is 9.47 Å². The first kappa shape index (κ1) is 16.7. The quantitative estimate of drug-likeness (QED) is 0.658.